The van der Waals surface area contributed by atoms with Crippen LogP contribution in [0.3, 0.4) is 0 Å². The number of nitrogens with zero attached hydrogens (tertiary/aromatic N) is 3. The number of hydrogen-bond acceptors (Lipinski definition) is 5. The van der Waals surface area contributed by atoms with Gasteiger partial charge in [-0.3, -0.25) is 0 Å². The minimum absolute atomic E-state index is 0.0695. The van der Waals surface area contributed by atoms with Crippen LogP contribution in [0.15, 0.2) is 10.5 Å². The Morgan fingerprint density at radius 3 is 2.48 bits per heavy atom. The zero-order chi connectivity index (χ0) is 16.6. The lowest BCUT2D eigenvalue weighted by molar-refractivity contribution is 0.329. The molecule has 0 amide bonds. The molecule has 1 aliphatic rings. The van der Waals surface area contributed by atoms with Crippen molar-refractivity contribution >= 4 is 21.2 Å². The maximum Gasteiger partial charge on any atom is 0.228 e. The lowest BCUT2D eigenvalue weighted by Crippen LogP contribution is -2.20. The van der Waals surface area contributed by atoms with Crippen molar-refractivity contribution in [1.82, 2.24) is 14.5 Å². The molecule has 23 heavy (non-hydrogen) atoms. The molecule has 0 spiro atoms. The first-order chi connectivity index (χ1) is 10.9. The zero-order valence-electron chi connectivity index (χ0n) is 13.9. The number of imidazole rings is 1. The summed E-state index contributed by atoms with van der Waals surface area (Å²) in [5.74, 6) is -0.0695. The molecule has 7 heteroatoms. The average Bonchev–Trinajstić information content (AvgIpc) is 3.04. The maximum absolute atomic E-state index is 12.9. The van der Waals surface area contributed by atoms with Crippen LogP contribution < -0.4 is 0 Å². The first-order valence-corrected chi connectivity index (χ1v) is 10.6. The van der Waals surface area contributed by atoms with Crippen LogP contribution in [0.25, 0.3) is 0 Å². The number of aromatic nitrogens is 3. The largest absolute Gasteiger partial charge is 0.316 e. The molecule has 0 unspecified atom stereocenters. The summed E-state index contributed by atoms with van der Waals surface area (Å²) >= 11 is 1.48. The van der Waals surface area contributed by atoms with E-state index < -0.39 is 9.84 Å². The highest BCUT2D eigenvalue weighted by Gasteiger charge is 2.29. The first kappa shape index (κ1) is 16.6. The van der Waals surface area contributed by atoms with Gasteiger partial charge in [-0.05, 0) is 33.6 Å². The van der Waals surface area contributed by atoms with Gasteiger partial charge in [-0.15, -0.1) is 11.3 Å². The Kier molecular flexibility index (Phi) is 4.60. The van der Waals surface area contributed by atoms with Gasteiger partial charge in [0.2, 0.25) is 15.0 Å². The van der Waals surface area contributed by atoms with Gasteiger partial charge < -0.3 is 4.57 Å². The van der Waals surface area contributed by atoms with Crippen LogP contribution >= 0.6 is 11.3 Å². The average molecular weight is 354 g/mol. The first-order valence-electron chi connectivity index (χ1n) is 8.07. The summed E-state index contributed by atoms with van der Waals surface area (Å²) in [5, 5.41) is 2.93. The lowest BCUT2D eigenvalue weighted by atomic mass is 9.95. The molecule has 1 saturated carbocycles. The molecule has 0 radical (unpaired) electrons. The zero-order valence-corrected chi connectivity index (χ0v) is 15.5. The number of aryl methyl sites for hydroxylation is 2. The molecule has 1 aliphatic carbocycles. The summed E-state index contributed by atoms with van der Waals surface area (Å²) in [5.41, 5.74) is 2.40. The highest BCUT2D eigenvalue weighted by Crippen LogP contribution is 2.33. The second-order valence-corrected chi connectivity index (χ2v) is 9.29. The van der Waals surface area contributed by atoms with Gasteiger partial charge in [0, 0.05) is 17.1 Å². The van der Waals surface area contributed by atoms with Crippen LogP contribution in [0, 0.1) is 20.8 Å². The third-order valence-corrected chi connectivity index (χ3v) is 6.92. The van der Waals surface area contributed by atoms with Gasteiger partial charge in [-0.2, -0.15) is 0 Å². The highest BCUT2D eigenvalue weighted by atomic mass is 32.2. The van der Waals surface area contributed by atoms with E-state index in [1.807, 2.05) is 30.7 Å². The Bertz CT molecular complexity index is 799. The number of hydrogen-bond donors (Lipinski definition) is 0. The highest BCUT2D eigenvalue weighted by molar-refractivity contribution is 7.90. The van der Waals surface area contributed by atoms with E-state index in [4.69, 9.17) is 0 Å². The van der Waals surface area contributed by atoms with Crippen molar-refractivity contribution in [2.75, 3.05) is 0 Å². The van der Waals surface area contributed by atoms with E-state index in [1.165, 1.54) is 17.8 Å². The van der Waals surface area contributed by atoms with E-state index in [0.717, 1.165) is 42.1 Å². The second-order valence-electron chi connectivity index (χ2n) is 6.34. The molecule has 126 valence electrons. The van der Waals surface area contributed by atoms with Crippen LogP contribution in [-0.4, -0.2) is 23.0 Å². The molecular formula is C16H23N3O2S2. The van der Waals surface area contributed by atoms with Crippen molar-refractivity contribution in [3.05, 3.63) is 27.5 Å². The lowest BCUT2D eigenvalue weighted by Gasteiger charge is -2.26. The fourth-order valence-corrected chi connectivity index (χ4v) is 5.56. The van der Waals surface area contributed by atoms with Crippen LogP contribution in [0.1, 0.15) is 60.2 Å². The molecule has 2 aromatic heterocycles. The minimum Gasteiger partial charge on any atom is -0.316 e. The molecular weight excluding hydrogens is 330 g/mol. The molecule has 0 aromatic carbocycles. The van der Waals surface area contributed by atoms with E-state index >= 15 is 0 Å². The summed E-state index contributed by atoms with van der Waals surface area (Å²) in [7, 11) is -3.49. The van der Waals surface area contributed by atoms with Gasteiger partial charge >= 0.3 is 0 Å². The fourth-order valence-electron chi connectivity index (χ4n) is 3.32. The van der Waals surface area contributed by atoms with Crippen LogP contribution in [0.2, 0.25) is 0 Å². The molecule has 1 fully saturated rings. The fraction of sp³-hybridized carbons (Fsp3) is 0.625. The quantitative estimate of drug-likeness (QED) is 0.840. The Labute approximate surface area is 141 Å². The number of rotatable bonds is 4. The standard InChI is InChI=1S/C16H23N3O2S2/c1-11-12(2)19(15-7-5-4-6-8-15)16(17-11)23(20,21)10-14-9-22-13(3)18-14/h9,15H,4-8,10H2,1-3H3. The minimum atomic E-state index is -3.49. The van der Waals surface area contributed by atoms with Gasteiger partial charge in [0.1, 0.15) is 5.75 Å². The van der Waals surface area contributed by atoms with E-state index in [0.29, 0.717) is 5.69 Å². The smallest absolute Gasteiger partial charge is 0.228 e. The molecule has 2 heterocycles. The molecule has 2 aromatic rings. The summed E-state index contributed by atoms with van der Waals surface area (Å²) in [6.45, 7) is 5.75. The molecule has 0 aliphatic heterocycles. The predicted octanol–water partition coefficient (Wildman–Crippen LogP) is 3.74. The summed E-state index contributed by atoms with van der Waals surface area (Å²) in [6.07, 6.45) is 5.63. The van der Waals surface area contributed by atoms with Gasteiger partial charge in [0.25, 0.3) is 0 Å². The van der Waals surface area contributed by atoms with Crippen LogP contribution in [-0.2, 0) is 15.6 Å². The van der Waals surface area contributed by atoms with Crippen molar-refractivity contribution in [3.8, 4) is 0 Å². The van der Waals surface area contributed by atoms with E-state index in [2.05, 4.69) is 9.97 Å². The van der Waals surface area contributed by atoms with Crippen molar-refractivity contribution < 1.29 is 8.42 Å². The Balaban J connectivity index is 1.99. The summed E-state index contributed by atoms with van der Waals surface area (Å²) in [4.78, 5) is 8.71. The van der Waals surface area contributed by atoms with Gasteiger partial charge in [0.15, 0.2) is 0 Å². The normalized spacial score (nSPS) is 16.8. The van der Waals surface area contributed by atoms with Crippen LogP contribution in [0.5, 0.6) is 0 Å². The second kappa shape index (κ2) is 6.36. The van der Waals surface area contributed by atoms with E-state index in [-0.39, 0.29) is 17.0 Å². The van der Waals surface area contributed by atoms with Crippen molar-refractivity contribution in [2.45, 2.75) is 69.8 Å². The topological polar surface area (TPSA) is 64.8 Å². The Hall–Kier alpha value is -1.21. The molecule has 3 rings (SSSR count). The van der Waals surface area contributed by atoms with Crippen molar-refractivity contribution in [1.29, 1.82) is 0 Å². The molecule has 0 saturated heterocycles. The maximum atomic E-state index is 12.9. The van der Waals surface area contributed by atoms with Gasteiger partial charge in [-0.1, -0.05) is 19.3 Å². The third kappa shape index (κ3) is 3.35. The van der Waals surface area contributed by atoms with Gasteiger partial charge in [-0.25, -0.2) is 18.4 Å². The molecule has 0 atom stereocenters. The SMILES string of the molecule is Cc1nc(CS(=O)(=O)c2nc(C)c(C)n2C2CCCCC2)cs1. The van der Waals surface area contributed by atoms with E-state index in [1.54, 1.807) is 0 Å². The van der Waals surface area contributed by atoms with Crippen molar-refractivity contribution in [2.24, 2.45) is 0 Å². The van der Waals surface area contributed by atoms with E-state index in [9.17, 15) is 8.42 Å². The molecule has 5 nitrogen and oxygen atoms in total. The predicted molar refractivity (Wildman–Crippen MR) is 91.6 cm³/mol. The Morgan fingerprint density at radius 2 is 1.87 bits per heavy atom. The molecule has 0 bridgehead atoms. The summed E-state index contributed by atoms with van der Waals surface area (Å²) < 4.78 is 27.8. The Morgan fingerprint density at radius 1 is 1.17 bits per heavy atom. The molecule has 0 N–H and O–H groups in total. The summed E-state index contributed by atoms with van der Waals surface area (Å²) in [6, 6.07) is 0.256. The number of sulfone groups is 1. The van der Waals surface area contributed by atoms with Gasteiger partial charge in [0.05, 0.1) is 16.4 Å². The number of thiazole rings is 1. The van der Waals surface area contributed by atoms with Crippen molar-refractivity contribution in [3.63, 3.8) is 0 Å². The monoisotopic (exact) mass is 353 g/mol. The van der Waals surface area contributed by atoms with Crippen LogP contribution in [0.4, 0.5) is 0 Å². The third-order valence-electron chi connectivity index (χ3n) is 4.58.